The molecule has 0 saturated carbocycles. The maximum absolute atomic E-state index is 11.6. The molecular weight excluding hydrogens is 288 g/mol. The Labute approximate surface area is 124 Å². The molecule has 2 aromatic carbocycles. The van der Waals surface area contributed by atoms with Crippen LogP contribution in [0.5, 0.6) is 0 Å². The van der Waals surface area contributed by atoms with Crippen molar-refractivity contribution < 1.29 is 13.2 Å². The van der Waals surface area contributed by atoms with E-state index in [-0.39, 0.29) is 4.90 Å². The minimum Gasteiger partial charge on any atom is -0.380 e. The Morgan fingerprint density at radius 2 is 1.67 bits per heavy atom. The Balaban J connectivity index is 2.22. The van der Waals surface area contributed by atoms with Crippen molar-refractivity contribution in [1.29, 1.82) is 0 Å². The third-order valence-electron chi connectivity index (χ3n) is 3.08. The summed E-state index contributed by atoms with van der Waals surface area (Å²) in [5.74, 6) is 0. The number of benzene rings is 2. The van der Waals surface area contributed by atoms with E-state index < -0.39 is 10.0 Å². The molecule has 0 aliphatic rings. The molecule has 0 radical (unpaired) electrons. The standard InChI is InChI=1S/C15H18N2O3S/c1-20-11-13-7-3-2-6-12(13)10-17-14-8-4-5-9-15(14)21(16,18)19/h2-9,17H,10-11H2,1H3,(H2,16,18,19). The van der Waals surface area contributed by atoms with Gasteiger partial charge in [0.25, 0.3) is 0 Å². The van der Waals surface area contributed by atoms with Gasteiger partial charge in [-0.15, -0.1) is 0 Å². The van der Waals surface area contributed by atoms with Gasteiger partial charge < -0.3 is 10.1 Å². The van der Waals surface area contributed by atoms with Crippen molar-refractivity contribution >= 4 is 15.7 Å². The van der Waals surface area contributed by atoms with Gasteiger partial charge in [0.05, 0.1) is 12.3 Å². The lowest BCUT2D eigenvalue weighted by atomic mass is 10.1. The first-order valence-electron chi connectivity index (χ1n) is 6.44. The highest BCUT2D eigenvalue weighted by Crippen LogP contribution is 2.21. The van der Waals surface area contributed by atoms with Gasteiger partial charge in [-0.1, -0.05) is 36.4 Å². The van der Waals surface area contributed by atoms with Crippen LogP contribution in [0.15, 0.2) is 53.4 Å². The second-order valence-corrected chi connectivity index (χ2v) is 6.13. The van der Waals surface area contributed by atoms with Crippen LogP contribution in [0.4, 0.5) is 5.69 Å². The van der Waals surface area contributed by atoms with E-state index in [4.69, 9.17) is 9.88 Å². The summed E-state index contributed by atoms with van der Waals surface area (Å²) in [7, 11) is -2.11. The van der Waals surface area contributed by atoms with Crippen LogP contribution in [0.25, 0.3) is 0 Å². The van der Waals surface area contributed by atoms with E-state index in [1.807, 2.05) is 24.3 Å². The van der Waals surface area contributed by atoms with Crippen LogP contribution in [0.2, 0.25) is 0 Å². The summed E-state index contributed by atoms with van der Waals surface area (Å²) in [4.78, 5) is 0.0919. The number of rotatable bonds is 6. The number of methoxy groups -OCH3 is 1. The summed E-state index contributed by atoms with van der Waals surface area (Å²) >= 11 is 0. The monoisotopic (exact) mass is 306 g/mol. The first-order valence-corrected chi connectivity index (χ1v) is 7.98. The van der Waals surface area contributed by atoms with Crippen molar-refractivity contribution in [3.05, 3.63) is 59.7 Å². The lowest BCUT2D eigenvalue weighted by Crippen LogP contribution is -2.15. The number of nitrogens with two attached hydrogens (primary N) is 1. The fourth-order valence-corrected chi connectivity index (χ4v) is 2.79. The van der Waals surface area contributed by atoms with Crippen molar-refractivity contribution in [2.45, 2.75) is 18.0 Å². The molecule has 6 heteroatoms. The Hall–Kier alpha value is -1.89. The van der Waals surface area contributed by atoms with Crippen LogP contribution in [0.3, 0.4) is 0 Å². The highest BCUT2D eigenvalue weighted by Gasteiger charge is 2.13. The summed E-state index contributed by atoms with van der Waals surface area (Å²) in [5, 5.41) is 8.34. The van der Waals surface area contributed by atoms with Gasteiger partial charge in [0.2, 0.25) is 10.0 Å². The van der Waals surface area contributed by atoms with E-state index in [2.05, 4.69) is 5.32 Å². The number of sulfonamides is 1. The number of ether oxygens (including phenoxy) is 1. The number of para-hydroxylation sites is 1. The second-order valence-electron chi connectivity index (χ2n) is 4.60. The largest absolute Gasteiger partial charge is 0.380 e. The molecule has 112 valence electrons. The molecule has 0 aliphatic carbocycles. The van der Waals surface area contributed by atoms with Crippen molar-refractivity contribution in [2.75, 3.05) is 12.4 Å². The maximum atomic E-state index is 11.6. The summed E-state index contributed by atoms with van der Waals surface area (Å²) < 4.78 is 28.3. The number of anilines is 1. The molecule has 0 aliphatic heterocycles. The van der Waals surface area contributed by atoms with Crippen LogP contribution in [0.1, 0.15) is 11.1 Å². The molecule has 0 unspecified atom stereocenters. The van der Waals surface area contributed by atoms with Crippen LogP contribution in [-0.2, 0) is 27.9 Å². The van der Waals surface area contributed by atoms with Gasteiger partial charge in [0.15, 0.2) is 0 Å². The van der Waals surface area contributed by atoms with E-state index in [1.54, 1.807) is 25.3 Å². The van der Waals surface area contributed by atoms with E-state index in [9.17, 15) is 8.42 Å². The highest BCUT2D eigenvalue weighted by atomic mass is 32.2. The fraction of sp³-hybridized carbons (Fsp3) is 0.200. The summed E-state index contributed by atoms with van der Waals surface area (Å²) in [6, 6.07) is 14.4. The molecule has 2 aromatic rings. The summed E-state index contributed by atoms with van der Waals surface area (Å²) in [6.45, 7) is 1.00. The van der Waals surface area contributed by atoms with Crippen molar-refractivity contribution in [3.8, 4) is 0 Å². The molecule has 0 saturated heterocycles. The van der Waals surface area contributed by atoms with Crippen LogP contribution in [0, 0.1) is 0 Å². The molecule has 3 N–H and O–H groups in total. The molecule has 5 nitrogen and oxygen atoms in total. The first kappa shape index (κ1) is 15.5. The zero-order valence-electron chi connectivity index (χ0n) is 11.7. The van der Waals surface area contributed by atoms with Gasteiger partial charge in [-0.25, -0.2) is 13.6 Å². The number of hydrogen-bond donors (Lipinski definition) is 2. The molecule has 0 heterocycles. The van der Waals surface area contributed by atoms with Crippen molar-refractivity contribution in [1.82, 2.24) is 0 Å². The average molecular weight is 306 g/mol. The summed E-state index contributed by atoms with van der Waals surface area (Å²) in [6.07, 6.45) is 0. The normalized spacial score (nSPS) is 11.3. The topological polar surface area (TPSA) is 81.4 Å². The number of primary sulfonamides is 1. The van der Waals surface area contributed by atoms with E-state index in [0.29, 0.717) is 18.8 Å². The quantitative estimate of drug-likeness (QED) is 0.856. The lowest BCUT2D eigenvalue weighted by molar-refractivity contribution is 0.184. The van der Waals surface area contributed by atoms with Crippen LogP contribution >= 0.6 is 0 Å². The molecule has 0 amide bonds. The second kappa shape index (κ2) is 6.71. The van der Waals surface area contributed by atoms with Crippen LogP contribution < -0.4 is 10.5 Å². The Morgan fingerprint density at radius 3 is 2.33 bits per heavy atom. The minimum absolute atomic E-state index is 0.0919. The Kier molecular flexibility index (Phi) is 4.95. The molecule has 0 atom stereocenters. The van der Waals surface area contributed by atoms with Gasteiger partial charge in [-0.05, 0) is 23.3 Å². The van der Waals surface area contributed by atoms with Gasteiger partial charge in [-0.2, -0.15) is 0 Å². The van der Waals surface area contributed by atoms with Gasteiger partial charge >= 0.3 is 0 Å². The third-order valence-corrected chi connectivity index (χ3v) is 4.05. The zero-order valence-corrected chi connectivity index (χ0v) is 12.6. The predicted molar refractivity (Wildman–Crippen MR) is 82.3 cm³/mol. The predicted octanol–water partition coefficient (Wildman–Crippen LogP) is 2.09. The smallest absolute Gasteiger partial charge is 0.240 e. The van der Waals surface area contributed by atoms with Crippen LogP contribution in [-0.4, -0.2) is 15.5 Å². The minimum atomic E-state index is -3.75. The summed E-state index contributed by atoms with van der Waals surface area (Å²) in [5.41, 5.74) is 2.59. The number of hydrogen-bond acceptors (Lipinski definition) is 4. The molecule has 0 bridgehead atoms. The molecule has 0 fully saturated rings. The van der Waals surface area contributed by atoms with Gasteiger partial charge in [0, 0.05) is 13.7 Å². The molecular formula is C15H18N2O3S. The maximum Gasteiger partial charge on any atom is 0.240 e. The van der Waals surface area contributed by atoms with E-state index >= 15 is 0 Å². The first-order chi connectivity index (χ1) is 10.0. The third kappa shape index (κ3) is 4.04. The van der Waals surface area contributed by atoms with Gasteiger partial charge in [-0.3, -0.25) is 0 Å². The zero-order chi connectivity index (χ0) is 15.3. The Bertz CT molecular complexity index is 714. The van der Waals surface area contributed by atoms with Crippen molar-refractivity contribution in [3.63, 3.8) is 0 Å². The molecule has 0 aromatic heterocycles. The fourth-order valence-electron chi connectivity index (χ4n) is 2.08. The Morgan fingerprint density at radius 1 is 1.05 bits per heavy atom. The average Bonchev–Trinajstić information content (AvgIpc) is 2.46. The SMILES string of the molecule is COCc1ccccc1CNc1ccccc1S(N)(=O)=O. The lowest BCUT2D eigenvalue weighted by Gasteiger charge is -2.13. The number of nitrogens with one attached hydrogen (secondary N) is 1. The molecule has 2 rings (SSSR count). The van der Waals surface area contributed by atoms with E-state index in [0.717, 1.165) is 11.1 Å². The van der Waals surface area contributed by atoms with Gasteiger partial charge in [0.1, 0.15) is 4.90 Å². The highest BCUT2D eigenvalue weighted by molar-refractivity contribution is 7.89. The van der Waals surface area contributed by atoms with E-state index in [1.165, 1.54) is 6.07 Å². The molecule has 0 spiro atoms. The van der Waals surface area contributed by atoms with Crippen molar-refractivity contribution in [2.24, 2.45) is 5.14 Å². The molecule has 21 heavy (non-hydrogen) atoms.